The van der Waals surface area contributed by atoms with E-state index in [1.807, 2.05) is 30.3 Å². The van der Waals surface area contributed by atoms with Crippen LogP contribution in [0.4, 0.5) is 4.39 Å². The summed E-state index contributed by atoms with van der Waals surface area (Å²) >= 11 is 0. The van der Waals surface area contributed by atoms with Crippen molar-refractivity contribution in [1.29, 1.82) is 0 Å². The Morgan fingerprint density at radius 1 is 1.03 bits per heavy atom. The van der Waals surface area contributed by atoms with Crippen LogP contribution in [0.25, 0.3) is 11.3 Å². The Morgan fingerprint density at radius 3 is 2.43 bits per heavy atom. The first-order chi connectivity index (χ1) is 14.2. The van der Waals surface area contributed by atoms with Crippen LogP contribution in [0, 0.1) is 5.82 Å². The fourth-order valence-corrected chi connectivity index (χ4v) is 3.78. The van der Waals surface area contributed by atoms with Crippen LogP contribution in [0.3, 0.4) is 0 Å². The van der Waals surface area contributed by atoms with E-state index < -0.39 is 0 Å². The van der Waals surface area contributed by atoms with Gasteiger partial charge in [-0.15, -0.1) is 0 Å². The Bertz CT molecular complexity index is 1100. The summed E-state index contributed by atoms with van der Waals surface area (Å²) in [5.41, 5.74) is 3.56. The van der Waals surface area contributed by atoms with Crippen LogP contribution < -0.4 is 33.5 Å². The minimum absolute atomic E-state index is 0. The average Bonchev–Trinajstić information content (AvgIpc) is 3.22. The molecule has 0 bridgehead atoms. The van der Waals surface area contributed by atoms with E-state index in [0.717, 1.165) is 29.8 Å². The molecular weight excluding hydrogens is 496 g/mol. The predicted molar refractivity (Wildman–Crippen MR) is 111 cm³/mol. The fourth-order valence-electron chi connectivity index (χ4n) is 3.78. The van der Waals surface area contributed by atoms with E-state index in [0.29, 0.717) is 35.1 Å². The first-order valence-corrected chi connectivity index (χ1v) is 9.49. The van der Waals surface area contributed by atoms with Gasteiger partial charge in [0.25, 0.3) is 5.71 Å². The molecule has 2 aromatic carbocycles. The summed E-state index contributed by atoms with van der Waals surface area (Å²) in [6.07, 6.45) is 2.74. The van der Waals surface area contributed by atoms with Gasteiger partial charge in [0, 0.05) is 6.42 Å². The average molecular weight is 519 g/mol. The quantitative estimate of drug-likeness (QED) is 0.283. The highest BCUT2D eigenvalue weighted by molar-refractivity contribution is 6.10. The smallest absolute Gasteiger partial charge is 0.250 e. The van der Waals surface area contributed by atoms with Gasteiger partial charge in [-0.1, -0.05) is 18.7 Å². The lowest BCUT2D eigenvalue weighted by atomic mass is 9.94. The maximum absolute atomic E-state index is 14.2. The molecule has 1 aromatic heterocycles. The van der Waals surface area contributed by atoms with Crippen molar-refractivity contribution in [1.82, 2.24) is 0 Å². The van der Waals surface area contributed by atoms with E-state index in [2.05, 4.69) is 11.2 Å². The van der Waals surface area contributed by atoms with E-state index in [4.69, 9.17) is 13.9 Å². The molecule has 0 fully saturated rings. The van der Waals surface area contributed by atoms with Gasteiger partial charge in [-0.3, -0.25) is 0 Å². The molecule has 0 aliphatic carbocycles. The van der Waals surface area contributed by atoms with Gasteiger partial charge >= 0.3 is 0 Å². The van der Waals surface area contributed by atoms with Crippen LogP contribution in [0.2, 0.25) is 0 Å². The number of halogens is 2. The molecule has 0 N–H and O–H groups in total. The molecule has 3 aromatic rings. The predicted octanol–water partition coefficient (Wildman–Crippen LogP) is 1.70. The number of methoxy groups -OCH3 is 2. The van der Waals surface area contributed by atoms with Gasteiger partial charge in [-0.05, 0) is 48.0 Å². The Hall–Kier alpha value is -2.61. The Labute approximate surface area is 192 Å². The van der Waals surface area contributed by atoms with Gasteiger partial charge in [0.05, 0.1) is 25.3 Å². The van der Waals surface area contributed by atoms with Crippen LogP contribution in [-0.4, -0.2) is 37.6 Å². The number of hydrogen-bond acceptors (Lipinski definition) is 3. The normalized spacial score (nSPS) is 12.8. The van der Waals surface area contributed by atoms with Crippen molar-refractivity contribution in [2.75, 3.05) is 27.3 Å². The topological polar surface area (TPSA) is 34.6 Å². The van der Waals surface area contributed by atoms with Crippen molar-refractivity contribution in [2.24, 2.45) is 0 Å². The maximum Gasteiger partial charge on any atom is 0.250 e. The minimum atomic E-state index is -0.309. The molecule has 1 aliphatic heterocycles. The Kier molecular flexibility index (Phi) is 6.97. The third-order valence-corrected chi connectivity index (χ3v) is 5.16. The molecule has 4 rings (SSSR count). The zero-order valence-corrected chi connectivity index (χ0v) is 19.1. The van der Waals surface area contributed by atoms with Gasteiger partial charge in [0.15, 0.2) is 23.8 Å². The fraction of sp³-hybridized carbons (Fsp3) is 0.208. The van der Waals surface area contributed by atoms with Gasteiger partial charge in [-0.2, -0.15) is 0 Å². The van der Waals surface area contributed by atoms with Gasteiger partial charge in [0.2, 0.25) is 0 Å². The summed E-state index contributed by atoms with van der Waals surface area (Å²) in [4.78, 5) is 0. The molecular formula is C24H23FINO3. The van der Waals surface area contributed by atoms with Gasteiger partial charge < -0.3 is 37.9 Å². The van der Waals surface area contributed by atoms with Crippen LogP contribution in [0.5, 0.6) is 11.5 Å². The lowest BCUT2D eigenvalue weighted by molar-refractivity contribution is -0.518. The third-order valence-electron chi connectivity index (χ3n) is 5.16. The molecule has 0 saturated carbocycles. The van der Waals surface area contributed by atoms with Crippen LogP contribution in [-0.2, 0) is 6.42 Å². The summed E-state index contributed by atoms with van der Waals surface area (Å²) in [6, 6.07) is 14.3. The number of ether oxygens (including phenoxy) is 2. The van der Waals surface area contributed by atoms with E-state index in [-0.39, 0.29) is 29.8 Å². The largest absolute Gasteiger partial charge is 1.00 e. The monoisotopic (exact) mass is 519 g/mol. The second-order valence-electron chi connectivity index (χ2n) is 6.84. The summed E-state index contributed by atoms with van der Waals surface area (Å²) in [6.45, 7) is 5.38. The van der Waals surface area contributed by atoms with Crippen molar-refractivity contribution >= 4 is 5.71 Å². The number of benzene rings is 2. The van der Waals surface area contributed by atoms with Crippen molar-refractivity contribution in [3.05, 3.63) is 83.9 Å². The Morgan fingerprint density at radius 2 is 1.73 bits per heavy atom. The van der Waals surface area contributed by atoms with Gasteiger partial charge in [-0.25, -0.2) is 8.97 Å². The third kappa shape index (κ3) is 4.01. The van der Waals surface area contributed by atoms with Crippen molar-refractivity contribution in [3.8, 4) is 22.8 Å². The zero-order valence-electron chi connectivity index (χ0n) is 17.0. The molecule has 2 heterocycles. The van der Waals surface area contributed by atoms with Crippen molar-refractivity contribution in [2.45, 2.75) is 6.42 Å². The van der Waals surface area contributed by atoms with E-state index in [1.165, 1.54) is 6.07 Å². The van der Waals surface area contributed by atoms with Gasteiger partial charge in [0.1, 0.15) is 18.1 Å². The first kappa shape index (κ1) is 22.1. The van der Waals surface area contributed by atoms with Crippen molar-refractivity contribution < 1.29 is 46.8 Å². The molecule has 4 nitrogen and oxygen atoms in total. The molecule has 0 saturated heterocycles. The second-order valence-corrected chi connectivity index (χ2v) is 6.84. The summed E-state index contributed by atoms with van der Waals surface area (Å²) < 4.78 is 33.5. The highest BCUT2D eigenvalue weighted by Crippen LogP contribution is 2.34. The SMILES string of the molecule is C=CC[N+]1=C(c2ccc(-c3ccccc3F)o2)c2cc(OC)c(OC)cc2CC1.[I-]. The lowest BCUT2D eigenvalue weighted by Gasteiger charge is -2.19. The first-order valence-electron chi connectivity index (χ1n) is 9.49. The number of nitrogens with zero attached hydrogens (tertiary/aromatic N) is 1. The lowest BCUT2D eigenvalue weighted by Crippen LogP contribution is -3.00. The molecule has 156 valence electrons. The van der Waals surface area contributed by atoms with Crippen LogP contribution in [0.1, 0.15) is 16.9 Å². The molecule has 0 spiro atoms. The number of hydrogen-bond donors (Lipinski definition) is 0. The number of rotatable bonds is 6. The number of fused-ring (bicyclic) bond motifs is 1. The minimum Gasteiger partial charge on any atom is -1.00 e. The van der Waals surface area contributed by atoms with E-state index in [9.17, 15) is 4.39 Å². The second kappa shape index (κ2) is 9.47. The number of furan rings is 1. The molecule has 0 radical (unpaired) electrons. The highest BCUT2D eigenvalue weighted by Gasteiger charge is 2.31. The van der Waals surface area contributed by atoms with E-state index >= 15 is 0 Å². The molecule has 0 unspecified atom stereocenters. The standard InChI is InChI=1S/C24H23FNO3.HI/c1-4-12-26-13-11-16-14-22(27-2)23(28-3)15-18(16)24(26)21-10-9-20(29-21)17-7-5-6-8-19(17)25;/h4-10,14-15H,1,11-13H2,2-3H3;1H/q+1;/p-1. The highest BCUT2D eigenvalue weighted by atomic mass is 127. The Balaban J connectivity index is 0.00000256. The van der Waals surface area contributed by atoms with E-state index in [1.54, 1.807) is 32.4 Å². The molecule has 30 heavy (non-hydrogen) atoms. The summed E-state index contributed by atoms with van der Waals surface area (Å²) in [7, 11) is 3.26. The summed E-state index contributed by atoms with van der Waals surface area (Å²) in [5, 5.41) is 0. The summed E-state index contributed by atoms with van der Waals surface area (Å²) in [5.74, 6) is 2.23. The molecule has 6 heteroatoms. The molecule has 0 amide bonds. The van der Waals surface area contributed by atoms with Crippen LogP contribution >= 0.6 is 0 Å². The molecule has 1 aliphatic rings. The van der Waals surface area contributed by atoms with Crippen molar-refractivity contribution in [3.63, 3.8) is 0 Å². The van der Waals surface area contributed by atoms with Crippen LogP contribution in [0.15, 0.2) is 65.6 Å². The zero-order chi connectivity index (χ0) is 20.4. The maximum atomic E-state index is 14.2. The molecule has 0 atom stereocenters.